The quantitative estimate of drug-likeness (QED) is 0.911. The molecule has 0 aliphatic carbocycles. The van der Waals surface area contributed by atoms with Gasteiger partial charge in [-0.1, -0.05) is 18.2 Å². The van der Waals surface area contributed by atoms with Gasteiger partial charge in [0.25, 0.3) is 10.0 Å². The van der Waals surface area contributed by atoms with Crippen LogP contribution in [0.3, 0.4) is 0 Å². The molecule has 2 aromatic rings. The Hall–Kier alpha value is -1.99. The third-order valence-electron chi connectivity index (χ3n) is 2.98. The Labute approximate surface area is 121 Å². The third kappa shape index (κ3) is 3.20. The van der Waals surface area contributed by atoms with Gasteiger partial charge in [0.15, 0.2) is 0 Å². The lowest BCUT2D eigenvalue weighted by molar-refractivity contribution is 0.568. The molecular weight excluding hydrogens is 298 g/mol. The van der Waals surface area contributed by atoms with E-state index in [1.54, 1.807) is 13.0 Å². The normalized spacial score (nSPS) is 11.4. The van der Waals surface area contributed by atoms with Crippen LogP contribution in [-0.2, 0) is 16.6 Å². The van der Waals surface area contributed by atoms with Crippen molar-refractivity contribution >= 4 is 15.7 Å². The number of aryl methyl sites for hydroxylation is 1. The van der Waals surface area contributed by atoms with Crippen LogP contribution in [0.4, 0.5) is 14.5 Å². The molecule has 0 heterocycles. The standard InChI is InChI=1S/C14H14F2N2O2S/c1-9-3-2-4-11(15)14(9)18-21(19,20)13-6-5-10(8-17)7-12(13)16/h2-7,18H,8,17H2,1H3. The molecule has 112 valence electrons. The first kappa shape index (κ1) is 15.4. The molecule has 0 atom stereocenters. The Morgan fingerprint density at radius 3 is 2.43 bits per heavy atom. The molecule has 0 unspecified atom stereocenters. The molecule has 2 aromatic carbocycles. The zero-order valence-electron chi connectivity index (χ0n) is 11.2. The van der Waals surface area contributed by atoms with E-state index in [0.29, 0.717) is 11.1 Å². The number of para-hydroxylation sites is 1. The maximum absolute atomic E-state index is 13.9. The Balaban J connectivity index is 2.44. The van der Waals surface area contributed by atoms with Gasteiger partial charge in [-0.25, -0.2) is 17.2 Å². The van der Waals surface area contributed by atoms with Gasteiger partial charge in [-0.3, -0.25) is 4.72 Å². The van der Waals surface area contributed by atoms with Crippen LogP contribution in [-0.4, -0.2) is 8.42 Å². The molecule has 4 nitrogen and oxygen atoms in total. The van der Waals surface area contributed by atoms with Crippen molar-refractivity contribution in [1.29, 1.82) is 0 Å². The zero-order valence-corrected chi connectivity index (χ0v) is 12.0. The Kier molecular flexibility index (Phi) is 4.24. The van der Waals surface area contributed by atoms with Crippen molar-refractivity contribution in [3.63, 3.8) is 0 Å². The molecule has 0 bridgehead atoms. The summed E-state index contributed by atoms with van der Waals surface area (Å²) < 4.78 is 54.0. The number of benzene rings is 2. The summed E-state index contributed by atoms with van der Waals surface area (Å²) in [5.74, 6) is -1.66. The van der Waals surface area contributed by atoms with Crippen molar-refractivity contribution in [2.45, 2.75) is 18.4 Å². The molecule has 21 heavy (non-hydrogen) atoms. The van der Waals surface area contributed by atoms with Crippen molar-refractivity contribution in [1.82, 2.24) is 0 Å². The van der Waals surface area contributed by atoms with Gasteiger partial charge in [-0.15, -0.1) is 0 Å². The fraction of sp³-hybridized carbons (Fsp3) is 0.143. The van der Waals surface area contributed by atoms with Gasteiger partial charge in [0.2, 0.25) is 0 Å². The number of rotatable bonds is 4. The second kappa shape index (κ2) is 5.79. The molecule has 0 saturated heterocycles. The highest BCUT2D eigenvalue weighted by atomic mass is 32.2. The summed E-state index contributed by atoms with van der Waals surface area (Å²) in [6.07, 6.45) is 0. The van der Waals surface area contributed by atoms with E-state index in [1.165, 1.54) is 12.1 Å². The summed E-state index contributed by atoms with van der Waals surface area (Å²) in [6.45, 7) is 1.64. The topological polar surface area (TPSA) is 72.2 Å². The second-order valence-electron chi connectivity index (χ2n) is 4.51. The highest BCUT2D eigenvalue weighted by Crippen LogP contribution is 2.24. The first-order valence-corrected chi connectivity index (χ1v) is 7.60. The average molecular weight is 312 g/mol. The highest BCUT2D eigenvalue weighted by molar-refractivity contribution is 7.92. The van der Waals surface area contributed by atoms with E-state index in [9.17, 15) is 17.2 Å². The van der Waals surface area contributed by atoms with Crippen molar-refractivity contribution in [3.8, 4) is 0 Å². The molecule has 0 aromatic heterocycles. The predicted octanol–water partition coefficient (Wildman–Crippen LogP) is 2.53. The maximum Gasteiger partial charge on any atom is 0.264 e. The maximum atomic E-state index is 13.9. The Morgan fingerprint density at radius 2 is 1.86 bits per heavy atom. The number of halogens is 2. The smallest absolute Gasteiger partial charge is 0.264 e. The second-order valence-corrected chi connectivity index (χ2v) is 6.16. The summed E-state index contributed by atoms with van der Waals surface area (Å²) in [4.78, 5) is -0.553. The molecule has 0 aliphatic heterocycles. The van der Waals surface area contributed by atoms with Gasteiger partial charge in [0.1, 0.15) is 16.5 Å². The molecule has 2 rings (SSSR count). The highest BCUT2D eigenvalue weighted by Gasteiger charge is 2.21. The SMILES string of the molecule is Cc1cccc(F)c1NS(=O)(=O)c1ccc(CN)cc1F. The van der Waals surface area contributed by atoms with E-state index in [-0.39, 0.29) is 12.2 Å². The molecule has 0 spiro atoms. The summed E-state index contributed by atoms with van der Waals surface area (Å²) >= 11 is 0. The Morgan fingerprint density at radius 1 is 1.14 bits per heavy atom. The fourth-order valence-corrected chi connectivity index (χ4v) is 3.04. The van der Waals surface area contributed by atoms with Crippen LogP contribution in [0.5, 0.6) is 0 Å². The molecule has 3 N–H and O–H groups in total. The minimum atomic E-state index is -4.22. The monoisotopic (exact) mass is 312 g/mol. The van der Waals surface area contributed by atoms with Gasteiger partial charge < -0.3 is 5.73 Å². The van der Waals surface area contributed by atoms with E-state index >= 15 is 0 Å². The average Bonchev–Trinajstić information content (AvgIpc) is 2.42. The van der Waals surface area contributed by atoms with Crippen LogP contribution in [0.15, 0.2) is 41.3 Å². The minimum absolute atomic E-state index is 0.0943. The first-order valence-electron chi connectivity index (χ1n) is 6.11. The van der Waals surface area contributed by atoms with Crippen molar-refractivity contribution in [2.24, 2.45) is 5.73 Å². The van der Waals surface area contributed by atoms with Crippen LogP contribution < -0.4 is 10.5 Å². The summed E-state index contributed by atoms with van der Waals surface area (Å²) in [5, 5.41) is 0. The lowest BCUT2D eigenvalue weighted by Crippen LogP contribution is -2.16. The van der Waals surface area contributed by atoms with Gasteiger partial charge >= 0.3 is 0 Å². The third-order valence-corrected chi connectivity index (χ3v) is 4.36. The zero-order chi connectivity index (χ0) is 15.6. The fourth-order valence-electron chi connectivity index (χ4n) is 1.84. The van der Waals surface area contributed by atoms with E-state index in [4.69, 9.17) is 5.73 Å². The van der Waals surface area contributed by atoms with E-state index in [0.717, 1.165) is 18.2 Å². The molecule has 0 aliphatic rings. The lowest BCUT2D eigenvalue weighted by atomic mass is 10.2. The van der Waals surface area contributed by atoms with Gasteiger partial charge in [0.05, 0.1) is 5.69 Å². The van der Waals surface area contributed by atoms with Gasteiger partial charge in [0, 0.05) is 6.54 Å². The van der Waals surface area contributed by atoms with Gasteiger partial charge in [-0.05, 0) is 36.2 Å². The first-order chi connectivity index (χ1) is 9.85. The molecule has 0 fully saturated rings. The largest absolute Gasteiger partial charge is 0.326 e. The van der Waals surface area contributed by atoms with Crippen LogP contribution in [0.25, 0.3) is 0 Å². The number of nitrogens with two attached hydrogens (primary N) is 1. The van der Waals surface area contributed by atoms with Gasteiger partial charge in [-0.2, -0.15) is 0 Å². The lowest BCUT2D eigenvalue weighted by Gasteiger charge is -2.12. The number of hydrogen-bond donors (Lipinski definition) is 2. The van der Waals surface area contributed by atoms with E-state index in [2.05, 4.69) is 4.72 Å². The Bertz CT molecular complexity index is 756. The number of hydrogen-bond acceptors (Lipinski definition) is 3. The van der Waals surface area contributed by atoms with Crippen LogP contribution in [0, 0.1) is 18.6 Å². The van der Waals surface area contributed by atoms with Crippen LogP contribution >= 0.6 is 0 Å². The number of nitrogens with one attached hydrogen (secondary N) is 1. The molecule has 0 amide bonds. The van der Waals surface area contributed by atoms with Crippen molar-refractivity contribution < 1.29 is 17.2 Å². The summed E-state index contributed by atoms with van der Waals surface area (Å²) in [6, 6.07) is 7.69. The number of sulfonamides is 1. The van der Waals surface area contributed by atoms with Crippen molar-refractivity contribution in [3.05, 3.63) is 59.2 Å². The van der Waals surface area contributed by atoms with Crippen molar-refractivity contribution in [2.75, 3.05) is 4.72 Å². The molecule has 0 radical (unpaired) electrons. The number of anilines is 1. The van der Waals surface area contributed by atoms with Crippen LogP contribution in [0.2, 0.25) is 0 Å². The molecule has 0 saturated carbocycles. The predicted molar refractivity (Wildman–Crippen MR) is 76.2 cm³/mol. The summed E-state index contributed by atoms with van der Waals surface area (Å²) in [5.41, 5.74) is 6.03. The van der Waals surface area contributed by atoms with Crippen LogP contribution in [0.1, 0.15) is 11.1 Å². The summed E-state index contributed by atoms with van der Waals surface area (Å²) in [7, 11) is -4.22. The molecule has 7 heteroatoms. The minimum Gasteiger partial charge on any atom is -0.326 e. The van der Waals surface area contributed by atoms with E-state index < -0.39 is 26.6 Å². The van der Waals surface area contributed by atoms with E-state index in [1.807, 2.05) is 0 Å². The molecular formula is C14H14F2N2O2S.